The number of rotatable bonds is 4. The van der Waals surface area contributed by atoms with E-state index in [0.717, 1.165) is 17.4 Å². The molecule has 0 N–H and O–H groups in total. The molecule has 0 aliphatic rings. The number of hydrogen-bond acceptors (Lipinski definition) is 2. The maximum atomic E-state index is 10.8. The highest BCUT2D eigenvalue weighted by molar-refractivity contribution is 6.74. The third kappa shape index (κ3) is 3.53. The van der Waals surface area contributed by atoms with Crippen molar-refractivity contribution in [3.63, 3.8) is 0 Å². The lowest BCUT2D eigenvalue weighted by atomic mass is 10.1. The molecule has 0 spiro atoms. The van der Waals surface area contributed by atoms with E-state index >= 15 is 0 Å². The second kappa shape index (κ2) is 5.37. The second-order valence-corrected chi connectivity index (χ2v) is 11.2. The molecule has 0 atom stereocenters. The lowest BCUT2D eigenvalue weighted by Crippen LogP contribution is -2.40. The summed E-state index contributed by atoms with van der Waals surface area (Å²) in [5, 5.41) is 0.211. The fourth-order valence-electron chi connectivity index (χ4n) is 1.39. The molecule has 100 valence electrons. The van der Waals surface area contributed by atoms with Crippen LogP contribution in [0.1, 0.15) is 42.3 Å². The van der Waals surface area contributed by atoms with Gasteiger partial charge in [-0.1, -0.05) is 32.9 Å². The van der Waals surface area contributed by atoms with Crippen molar-refractivity contribution in [2.45, 2.75) is 52.4 Å². The van der Waals surface area contributed by atoms with Crippen LogP contribution in [0.25, 0.3) is 0 Å². The van der Waals surface area contributed by atoms with E-state index in [4.69, 9.17) is 4.43 Å². The van der Waals surface area contributed by atoms with Gasteiger partial charge in [0.05, 0.1) is 6.61 Å². The number of aryl methyl sites for hydroxylation is 1. The van der Waals surface area contributed by atoms with Gasteiger partial charge in [0.2, 0.25) is 0 Å². The van der Waals surface area contributed by atoms with Crippen LogP contribution in [0.2, 0.25) is 18.1 Å². The van der Waals surface area contributed by atoms with Gasteiger partial charge < -0.3 is 4.43 Å². The summed E-state index contributed by atoms with van der Waals surface area (Å²) in [7, 11) is -1.73. The van der Waals surface area contributed by atoms with Crippen LogP contribution in [0.5, 0.6) is 0 Å². The Morgan fingerprint density at radius 2 is 1.89 bits per heavy atom. The first-order chi connectivity index (χ1) is 8.17. The Labute approximate surface area is 111 Å². The molecule has 0 radical (unpaired) electrons. The fraction of sp³-hybridized carbons (Fsp3) is 0.533. The first kappa shape index (κ1) is 15.1. The van der Waals surface area contributed by atoms with Gasteiger partial charge in [-0.05, 0) is 42.2 Å². The quantitative estimate of drug-likeness (QED) is 0.597. The third-order valence-electron chi connectivity index (χ3n) is 3.90. The van der Waals surface area contributed by atoms with Crippen molar-refractivity contribution in [2.75, 3.05) is 0 Å². The van der Waals surface area contributed by atoms with Crippen molar-refractivity contribution in [3.05, 3.63) is 34.9 Å². The summed E-state index contributed by atoms with van der Waals surface area (Å²) in [6.07, 6.45) is 0.884. The van der Waals surface area contributed by atoms with Crippen LogP contribution in [0, 0.1) is 6.92 Å². The van der Waals surface area contributed by atoms with E-state index in [0.29, 0.717) is 6.61 Å². The third-order valence-corrected chi connectivity index (χ3v) is 8.38. The van der Waals surface area contributed by atoms with E-state index in [2.05, 4.69) is 40.8 Å². The monoisotopic (exact) mass is 264 g/mol. The topological polar surface area (TPSA) is 26.3 Å². The first-order valence-electron chi connectivity index (χ1n) is 6.36. The highest BCUT2D eigenvalue weighted by Gasteiger charge is 2.37. The molecule has 0 saturated carbocycles. The maximum absolute atomic E-state index is 10.8. The molecule has 1 aromatic carbocycles. The smallest absolute Gasteiger partial charge is 0.192 e. The van der Waals surface area contributed by atoms with Crippen LogP contribution in [-0.2, 0) is 11.0 Å². The summed E-state index contributed by atoms with van der Waals surface area (Å²) in [4.78, 5) is 10.8. The van der Waals surface area contributed by atoms with Gasteiger partial charge in [0.15, 0.2) is 8.32 Å². The first-order valence-corrected chi connectivity index (χ1v) is 9.27. The van der Waals surface area contributed by atoms with Gasteiger partial charge in [-0.15, -0.1) is 0 Å². The number of aldehydes is 1. The highest BCUT2D eigenvalue weighted by atomic mass is 28.4. The number of carbonyl (C=O) groups excluding carboxylic acids is 1. The minimum atomic E-state index is -1.73. The SMILES string of the molecule is Cc1ccc(C=O)cc1CO[Si](C)(C)C(C)(C)C. The van der Waals surface area contributed by atoms with Crippen LogP contribution in [0.15, 0.2) is 18.2 Å². The Morgan fingerprint density at radius 1 is 1.28 bits per heavy atom. The highest BCUT2D eigenvalue weighted by Crippen LogP contribution is 2.37. The summed E-state index contributed by atoms with van der Waals surface area (Å²) >= 11 is 0. The lowest BCUT2D eigenvalue weighted by molar-refractivity contribution is 0.112. The average molecular weight is 264 g/mol. The van der Waals surface area contributed by atoms with Gasteiger partial charge in [0.25, 0.3) is 0 Å². The lowest BCUT2D eigenvalue weighted by Gasteiger charge is -2.36. The molecule has 0 heterocycles. The standard InChI is InChI=1S/C15H24O2Si/c1-12-7-8-13(10-16)9-14(12)11-17-18(5,6)15(2,3)4/h7-10H,11H2,1-6H3. The van der Waals surface area contributed by atoms with Gasteiger partial charge in [-0.3, -0.25) is 4.79 Å². The molecule has 0 aromatic heterocycles. The van der Waals surface area contributed by atoms with E-state index in [-0.39, 0.29) is 5.04 Å². The zero-order chi connectivity index (χ0) is 14.0. The summed E-state index contributed by atoms with van der Waals surface area (Å²) in [6.45, 7) is 13.8. The van der Waals surface area contributed by atoms with Crippen LogP contribution in [-0.4, -0.2) is 14.6 Å². The summed E-state index contributed by atoms with van der Waals surface area (Å²) in [5.41, 5.74) is 3.01. The molecule has 0 aliphatic carbocycles. The largest absolute Gasteiger partial charge is 0.413 e. The molecule has 3 heteroatoms. The van der Waals surface area contributed by atoms with Gasteiger partial charge in [0.1, 0.15) is 6.29 Å². The number of benzene rings is 1. The predicted molar refractivity (Wildman–Crippen MR) is 78.6 cm³/mol. The Morgan fingerprint density at radius 3 is 2.39 bits per heavy atom. The average Bonchev–Trinajstić information content (AvgIpc) is 2.26. The predicted octanol–water partition coefficient (Wildman–Crippen LogP) is 4.33. The minimum Gasteiger partial charge on any atom is -0.413 e. The molecule has 0 bridgehead atoms. The van der Waals surface area contributed by atoms with E-state index in [9.17, 15) is 4.79 Å². The van der Waals surface area contributed by atoms with Gasteiger partial charge in [-0.25, -0.2) is 0 Å². The molecule has 0 saturated heterocycles. The van der Waals surface area contributed by atoms with Crippen molar-refractivity contribution in [2.24, 2.45) is 0 Å². The van der Waals surface area contributed by atoms with Crippen molar-refractivity contribution in [3.8, 4) is 0 Å². The second-order valence-electron chi connectivity index (χ2n) is 6.35. The Balaban J connectivity index is 2.83. The van der Waals surface area contributed by atoms with Crippen molar-refractivity contribution < 1.29 is 9.22 Å². The fourth-order valence-corrected chi connectivity index (χ4v) is 2.34. The van der Waals surface area contributed by atoms with Crippen molar-refractivity contribution >= 4 is 14.6 Å². The molecule has 18 heavy (non-hydrogen) atoms. The molecule has 1 rings (SSSR count). The molecular weight excluding hydrogens is 240 g/mol. The normalized spacial score (nSPS) is 12.6. The number of hydrogen-bond donors (Lipinski definition) is 0. The molecule has 1 aromatic rings. The van der Waals surface area contributed by atoms with Crippen LogP contribution in [0.3, 0.4) is 0 Å². The van der Waals surface area contributed by atoms with Crippen LogP contribution < -0.4 is 0 Å². The van der Waals surface area contributed by atoms with Gasteiger partial charge in [-0.2, -0.15) is 0 Å². The van der Waals surface area contributed by atoms with Crippen molar-refractivity contribution in [1.82, 2.24) is 0 Å². The van der Waals surface area contributed by atoms with E-state index in [1.165, 1.54) is 5.56 Å². The Bertz CT molecular complexity index is 431. The zero-order valence-electron chi connectivity index (χ0n) is 12.3. The Kier molecular flexibility index (Phi) is 4.51. The molecular formula is C15H24O2Si. The summed E-state index contributed by atoms with van der Waals surface area (Å²) < 4.78 is 6.18. The molecule has 2 nitrogen and oxygen atoms in total. The molecule has 0 amide bonds. The van der Waals surface area contributed by atoms with Crippen LogP contribution >= 0.6 is 0 Å². The zero-order valence-corrected chi connectivity index (χ0v) is 13.3. The van der Waals surface area contributed by atoms with Crippen LogP contribution in [0.4, 0.5) is 0 Å². The molecule has 0 fully saturated rings. The summed E-state index contributed by atoms with van der Waals surface area (Å²) in [5.74, 6) is 0. The maximum Gasteiger partial charge on any atom is 0.192 e. The molecule has 0 unspecified atom stereocenters. The van der Waals surface area contributed by atoms with E-state index in [1.54, 1.807) is 0 Å². The van der Waals surface area contributed by atoms with Gasteiger partial charge in [0, 0.05) is 5.56 Å². The van der Waals surface area contributed by atoms with Gasteiger partial charge >= 0.3 is 0 Å². The van der Waals surface area contributed by atoms with E-state index in [1.807, 2.05) is 18.2 Å². The van der Waals surface area contributed by atoms with E-state index < -0.39 is 8.32 Å². The molecule has 0 aliphatic heterocycles. The minimum absolute atomic E-state index is 0.211. The Hall–Kier alpha value is -0.933. The number of carbonyl (C=O) groups is 1. The summed E-state index contributed by atoms with van der Waals surface area (Å²) in [6, 6.07) is 5.75. The van der Waals surface area contributed by atoms with Crippen molar-refractivity contribution in [1.29, 1.82) is 0 Å².